The fourth-order valence-corrected chi connectivity index (χ4v) is 3.31. The summed E-state index contributed by atoms with van der Waals surface area (Å²) < 4.78 is 14.3. The molecule has 0 aliphatic heterocycles. The van der Waals surface area contributed by atoms with E-state index in [1.165, 1.54) is 20.0 Å². The SMILES string of the molecule is CCOC(=O)[C@@H](C)n1cnc2c1c(=O)n(CC(C)C)c(=O)n2-c1ccc(OC)cc1. The Morgan fingerprint density at radius 3 is 2.37 bits per heavy atom. The highest BCUT2D eigenvalue weighted by Gasteiger charge is 2.25. The number of rotatable bonds is 7. The van der Waals surface area contributed by atoms with Crippen molar-refractivity contribution in [2.45, 2.75) is 40.3 Å². The van der Waals surface area contributed by atoms with Gasteiger partial charge in [-0.2, -0.15) is 0 Å². The summed E-state index contributed by atoms with van der Waals surface area (Å²) in [6.07, 6.45) is 1.40. The molecule has 0 aliphatic carbocycles. The molecule has 1 aromatic carbocycles. The minimum atomic E-state index is -0.767. The van der Waals surface area contributed by atoms with Gasteiger partial charge in [-0.25, -0.2) is 19.1 Å². The first-order valence-electron chi connectivity index (χ1n) is 9.83. The highest BCUT2D eigenvalue weighted by Crippen LogP contribution is 2.20. The number of aromatic nitrogens is 4. The summed E-state index contributed by atoms with van der Waals surface area (Å²) in [6, 6.07) is 6.12. The Bertz CT molecular complexity index is 1170. The number of nitrogens with zero attached hydrogens (tertiary/aromatic N) is 4. The van der Waals surface area contributed by atoms with Gasteiger partial charge >= 0.3 is 11.7 Å². The molecule has 9 nitrogen and oxygen atoms in total. The van der Waals surface area contributed by atoms with Gasteiger partial charge in [-0.1, -0.05) is 13.8 Å². The molecule has 0 saturated carbocycles. The Morgan fingerprint density at radius 2 is 1.80 bits per heavy atom. The van der Waals surface area contributed by atoms with Gasteiger partial charge in [0.2, 0.25) is 0 Å². The lowest BCUT2D eigenvalue weighted by atomic mass is 10.2. The lowest BCUT2D eigenvalue weighted by molar-refractivity contribution is -0.146. The molecule has 0 N–H and O–H groups in total. The average Bonchev–Trinajstić information content (AvgIpc) is 3.16. The van der Waals surface area contributed by atoms with Gasteiger partial charge in [-0.15, -0.1) is 0 Å². The van der Waals surface area contributed by atoms with Crippen LogP contribution in [0.15, 0.2) is 40.2 Å². The largest absolute Gasteiger partial charge is 0.497 e. The van der Waals surface area contributed by atoms with Gasteiger partial charge in [0, 0.05) is 6.54 Å². The number of hydrogen-bond acceptors (Lipinski definition) is 6. The van der Waals surface area contributed by atoms with Crippen LogP contribution in [0.3, 0.4) is 0 Å². The maximum atomic E-state index is 13.3. The average molecular weight is 414 g/mol. The predicted octanol–water partition coefficient (Wildman–Crippen LogP) is 2.14. The minimum absolute atomic E-state index is 0.0658. The Kier molecular flexibility index (Phi) is 6.09. The van der Waals surface area contributed by atoms with Gasteiger partial charge in [-0.3, -0.25) is 9.36 Å². The molecular weight excluding hydrogens is 388 g/mol. The van der Waals surface area contributed by atoms with E-state index in [1.54, 1.807) is 45.2 Å². The van der Waals surface area contributed by atoms with Crippen molar-refractivity contribution in [3.63, 3.8) is 0 Å². The first kappa shape index (κ1) is 21.4. The van der Waals surface area contributed by atoms with Crippen molar-refractivity contribution >= 4 is 17.1 Å². The third kappa shape index (κ3) is 3.74. The first-order chi connectivity index (χ1) is 14.3. The molecule has 30 heavy (non-hydrogen) atoms. The number of benzene rings is 1. The predicted molar refractivity (Wildman–Crippen MR) is 112 cm³/mol. The summed E-state index contributed by atoms with van der Waals surface area (Å²) in [5, 5.41) is 0. The van der Waals surface area contributed by atoms with E-state index in [0.717, 1.165) is 0 Å². The van der Waals surface area contributed by atoms with Crippen LogP contribution in [-0.2, 0) is 16.1 Å². The highest BCUT2D eigenvalue weighted by molar-refractivity contribution is 5.79. The Labute approximate surface area is 173 Å². The zero-order valence-electron chi connectivity index (χ0n) is 17.8. The van der Waals surface area contributed by atoms with E-state index >= 15 is 0 Å². The van der Waals surface area contributed by atoms with Crippen LogP contribution in [0.5, 0.6) is 5.75 Å². The molecule has 2 heterocycles. The number of carbonyl (C=O) groups excluding carboxylic acids is 1. The number of carbonyl (C=O) groups is 1. The Hall–Kier alpha value is -3.36. The van der Waals surface area contributed by atoms with Gasteiger partial charge in [0.1, 0.15) is 11.8 Å². The third-order valence-electron chi connectivity index (χ3n) is 4.78. The first-order valence-corrected chi connectivity index (χ1v) is 9.83. The van der Waals surface area contributed by atoms with Gasteiger partial charge in [0.15, 0.2) is 11.2 Å². The van der Waals surface area contributed by atoms with E-state index in [9.17, 15) is 14.4 Å². The van der Waals surface area contributed by atoms with E-state index in [1.807, 2.05) is 13.8 Å². The van der Waals surface area contributed by atoms with Crippen molar-refractivity contribution in [3.05, 3.63) is 51.4 Å². The summed E-state index contributed by atoms with van der Waals surface area (Å²) in [4.78, 5) is 43.1. The summed E-state index contributed by atoms with van der Waals surface area (Å²) in [5.41, 5.74) is -0.0715. The van der Waals surface area contributed by atoms with Crippen molar-refractivity contribution in [2.75, 3.05) is 13.7 Å². The second-order valence-electron chi connectivity index (χ2n) is 7.38. The smallest absolute Gasteiger partial charge is 0.337 e. The zero-order chi connectivity index (χ0) is 22.0. The quantitative estimate of drug-likeness (QED) is 0.550. The molecule has 0 fully saturated rings. The van der Waals surface area contributed by atoms with E-state index in [-0.39, 0.29) is 30.2 Å². The van der Waals surface area contributed by atoms with Crippen molar-refractivity contribution in [3.8, 4) is 11.4 Å². The lowest BCUT2D eigenvalue weighted by Crippen LogP contribution is -2.41. The van der Waals surface area contributed by atoms with Gasteiger partial charge in [0.25, 0.3) is 5.56 Å². The molecule has 0 spiro atoms. The van der Waals surface area contributed by atoms with E-state index in [0.29, 0.717) is 11.4 Å². The fraction of sp³-hybridized carbons (Fsp3) is 0.429. The normalized spacial score (nSPS) is 12.3. The molecule has 0 radical (unpaired) electrons. The van der Waals surface area contributed by atoms with Gasteiger partial charge in [-0.05, 0) is 44.0 Å². The molecule has 3 rings (SSSR count). The Balaban J connectivity index is 2.33. The molecular formula is C21H26N4O5. The number of hydrogen-bond donors (Lipinski definition) is 0. The van der Waals surface area contributed by atoms with Crippen LogP contribution in [0.4, 0.5) is 0 Å². The molecule has 0 amide bonds. The maximum Gasteiger partial charge on any atom is 0.337 e. The number of esters is 1. The highest BCUT2D eigenvalue weighted by atomic mass is 16.5. The number of ether oxygens (including phenoxy) is 2. The molecule has 0 aliphatic rings. The number of imidazole rings is 1. The van der Waals surface area contributed by atoms with Gasteiger partial charge < -0.3 is 14.0 Å². The molecule has 160 valence electrons. The van der Waals surface area contributed by atoms with Crippen LogP contribution >= 0.6 is 0 Å². The van der Waals surface area contributed by atoms with Crippen LogP contribution < -0.4 is 16.0 Å². The molecule has 3 aromatic rings. The van der Waals surface area contributed by atoms with Crippen molar-refractivity contribution in [1.29, 1.82) is 0 Å². The topological polar surface area (TPSA) is 97.4 Å². The standard InChI is InChI=1S/C21H26N4O5/c1-6-30-20(27)14(4)24-12-22-18-17(24)19(26)23(11-13(2)3)21(28)25(18)15-7-9-16(29-5)10-8-15/h7-10,12-14H,6,11H2,1-5H3/t14-/m1/s1. The van der Waals surface area contributed by atoms with Crippen molar-refractivity contribution in [1.82, 2.24) is 18.7 Å². The summed E-state index contributed by atoms with van der Waals surface area (Å²) >= 11 is 0. The van der Waals surface area contributed by atoms with Crippen LogP contribution in [0.25, 0.3) is 16.9 Å². The number of fused-ring (bicyclic) bond motifs is 1. The molecule has 1 atom stereocenters. The van der Waals surface area contributed by atoms with E-state index in [4.69, 9.17) is 9.47 Å². The van der Waals surface area contributed by atoms with Crippen molar-refractivity contribution in [2.24, 2.45) is 5.92 Å². The lowest BCUT2D eigenvalue weighted by Gasteiger charge is -2.16. The van der Waals surface area contributed by atoms with Gasteiger partial charge in [0.05, 0.1) is 25.7 Å². The van der Waals surface area contributed by atoms with Crippen LogP contribution in [0, 0.1) is 5.92 Å². The zero-order valence-corrected chi connectivity index (χ0v) is 17.8. The fourth-order valence-electron chi connectivity index (χ4n) is 3.31. The molecule has 2 aromatic heterocycles. The summed E-state index contributed by atoms with van der Waals surface area (Å²) in [6.45, 7) is 7.66. The maximum absolute atomic E-state index is 13.3. The second kappa shape index (κ2) is 8.56. The second-order valence-corrected chi connectivity index (χ2v) is 7.38. The third-order valence-corrected chi connectivity index (χ3v) is 4.78. The summed E-state index contributed by atoms with van der Waals surface area (Å²) in [7, 11) is 1.56. The molecule has 0 unspecified atom stereocenters. The van der Waals surface area contributed by atoms with E-state index < -0.39 is 23.3 Å². The molecule has 0 bridgehead atoms. The van der Waals surface area contributed by atoms with Crippen LogP contribution in [-0.4, -0.2) is 38.4 Å². The minimum Gasteiger partial charge on any atom is -0.497 e. The number of methoxy groups -OCH3 is 1. The molecule has 9 heteroatoms. The van der Waals surface area contributed by atoms with Crippen LogP contribution in [0.2, 0.25) is 0 Å². The van der Waals surface area contributed by atoms with Crippen molar-refractivity contribution < 1.29 is 14.3 Å². The Morgan fingerprint density at radius 1 is 1.13 bits per heavy atom. The molecule has 0 saturated heterocycles. The summed E-state index contributed by atoms with van der Waals surface area (Å²) in [5.74, 6) is 0.227. The van der Waals surface area contributed by atoms with Crippen LogP contribution in [0.1, 0.15) is 33.7 Å². The van der Waals surface area contributed by atoms with E-state index in [2.05, 4.69) is 4.98 Å². The monoisotopic (exact) mass is 414 g/mol.